The molecule has 0 saturated carbocycles. The van der Waals surface area contributed by atoms with Crippen molar-refractivity contribution in [3.8, 4) is 11.3 Å². The predicted octanol–water partition coefficient (Wildman–Crippen LogP) is 2.65. The molecule has 1 heterocycles. The minimum atomic E-state index is -1.09. The monoisotopic (exact) mass is 266 g/mol. The van der Waals surface area contributed by atoms with Gasteiger partial charge in [-0.25, -0.2) is 14.2 Å². The number of aromatic nitrogens is 2. The number of carboxylic acids is 1. The Morgan fingerprint density at radius 2 is 2.00 bits per heavy atom. The first-order chi connectivity index (χ1) is 8.54. The molecule has 1 N–H and O–H groups in total. The van der Waals surface area contributed by atoms with Crippen LogP contribution in [0, 0.1) is 5.82 Å². The van der Waals surface area contributed by atoms with Gasteiger partial charge in [0.05, 0.1) is 5.69 Å². The fourth-order valence-electron chi connectivity index (χ4n) is 1.75. The average molecular weight is 266 g/mol. The first-order valence-electron chi connectivity index (χ1n) is 5.14. The molecule has 0 aliphatic rings. The lowest BCUT2D eigenvalue weighted by Crippen LogP contribution is -2.01. The summed E-state index contributed by atoms with van der Waals surface area (Å²) >= 11 is 1.36. The third-order valence-electron chi connectivity index (χ3n) is 2.56. The van der Waals surface area contributed by atoms with Crippen LogP contribution in [0.4, 0.5) is 4.39 Å². The van der Waals surface area contributed by atoms with Crippen molar-refractivity contribution >= 4 is 17.7 Å². The van der Waals surface area contributed by atoms with Gasteiger partial charge in [-0.05, 0) is 30.5 Å². The number of nitrogens with zero attached hydrogens (tertiary/aromatic N) is 2. The normalized spacial score (nSPS) is 10.6. The fraction of sp³-hybridized carbons (Fsp3) is 0.167. The minimum absolute atomic E-state index is 0.0199. The molecule has 0 spiro atoms. The Morgan fingerprint density at radius 1 is 1.39 bits per heavy atom. The summed E-state index contributed by atoms with van der Waals surface area (Å²) in [5, 5.41) is 9.76. The number of aromatic carboxylic acids is 1. The minimum Gasteiger partial charge on any atom is -0.476 e. The van der Waals surface area contributed by atoms with E-state index in [9.17, 15) is 9.18 Å². The molecule has 0 saturated heterocycles. The molecule has 0 aliphatic heterocycles. The summed E-state index contributed by atoms with van der Waals surface area (Å²) < 4.78 is 14.6. The van der Waals surface area contributed by atoms with Crippen LogP contribution in [0.1, 0.15) is 10.5 Å². The number of carboxylic acid groups (broad SMARTS) is 1. The lowest BCUT2D eigenvalue weighted by molar-refractivity contribution is 0.0691. The number of halogens is 1. The molecule has 2 rings (SSSR count). The summed E-state index contributed by atoms with van der Waals surface area (Å²) in [5.74, 6) is -1.45. The third kappa shape index (κ3) is 2.11. The number of hydrogen-bond donors (Lipinski definition) is 1. The Labute approximate surface area is 107 Å². The lowest BCUT2D eigenvalue weighted by Gasteiger charge is -2.05. The third-order valence-corrected chi connectivity index (χ3v) is 3.29. The molecule has 0 unspecified atom stereocenters. The van der Waals surface area contributed by atoms with Gasteiger partial charge in [0, 0.05) is 12.6 Å². The van der Waals surface area contributed by atoms with Gasteiger partial charge in [-0.15, -0.1) is 0 Å². The van der Waals surface area contributed by atoms with Crippen molar-refractivity contribution in [2.75, 3.05) is 6.26 Å². The molecular weight excluding hydrogens is 255 g/mol. The maximum Gasteiger partial charge on any atom is 0.356 e. The summed E-state index contributed by atoms with van der Waals surface area (Å²) in [6.45, 7) is 0. The van der Waals surface area contributed by atoms with Crippen LogP contribution < -0.4 is 0 Å². The highest BCUT2D eigenvalue weighted by molar-refractivity contribution is 7.98. The SMILES string of the molecule is CSc1nc(C(=O)O)c(-c2ccc(F)cc2)n1C. The molecule has 0 fully saturated rings. The maximum absolute atomic E-state index is 12.9. The Morgan fingerprint density at radius 3 is 2.50 bits per heavy atom. The topological polar surface area (TPSA) is 55.1 Å². The second-order valence-corrected chi connectivity index (χ2v) is 4.44. The maximum atomic E-state index is 12.9. The van der Waals surface area contributed by atoms with Crippen LogP contribution in [-0.4, -0.2) is 26.9 Å². The molecule has 6 heteroatoms. The second-order valence-electron chi connectivity index (χ2n) is 3.67. The van der Waals surface area contributed by atoms with Crippen LogP contribution in [0.5, 0.6) is 0 Å². The first kappa shape index (κ1) is 12.6. The van der Waals surface area contributed by atoms with E-state index in [-0.39, 0.29) is 11.5 Å². The van der Waals surface area contributed by atoms with Gasteiger partial charge in [-0.3, -0.25) is 0 Å². The van der Waals surface area contributed by atoms with E-state index < -0.39 is 5.97 Å². The van der Waals surface area contributed by atoms with Crippen LogP contribution in [0.15, 0.2) is 29.4 Å². The van der Waals surface area contributed by atoms with Crippen LogP contribution >= 0.6 is 11.8 Å². The summed E-state index contributed by atoms with van der Waals surface area (Å²) in [7, 11) is 1.74. The molecule has 4 nitrogen and oxygen atoms in total. The van der Waals surface area contributed by atoms with E-state index in [4.69, 9.17) is 5.11 Å². The summed E-state index contributed by atoms with van der Waals surface area (Å²) in [4.78, 5) is 15.2. The molecule has 18 heavy (non-hydrogen) atoms. The molecule has 0 aliphatic carbocycles. The largest absolute Gasteiger partial charge is 0.476 e. The quantitative estimate of drug-likeness (QED) is 0.868. The van der Waals surface area contributed by atoms with Gasteiger partial charge < -0.3 is 9.67 Å². The van der Waals surface area contributed by atoms with E-state index in [1.807, 2.05) is 6.26 Å². The molecule has 1 aromatic heterocycles. The number of benzene rings is 1. The van der Waals surface area contributed by atoms with E-state index in [0.29, 0.717) is 16.4 Å². The molecule has 0 atom stereocenters. The standard InChI is InChI=1S/C12H11FN2O2S/c1-15-10(7-3-5-8(13)6-4-7)9(11(16)17)14-12(15)18-2/h3-6H,1-2H3,(H,16,17). The molecule has 1 aromatic carbocycles. The van der Waals surface area contributed by atoms with Gasteiger partial charge >= 0.3 is 5.97 Å². The zero-order valence-electron chi connectivity index (χ0n) is 9.85. The van der Waals surface area contributed by atoms with Gasteiger partial charge in [0.25, 0.3) is 0 Å². The number of hydrogen-bond acceptors (Lipinski definition) is 3. The van der Waals surface area contributed by atoms with Gasteiger partial charge in [0.2, 0.25) is 0 Å². The van der Waals surface area contributed by atoms with Crippen molar-refractivity contribution in [2.24, 2.45) is 7.05 Å². The van der Waals surface area contributed by atoms with E-state index in [0.717, 1.165) is 0 Å². The molecule has 0 amide bonds. The van der Waals surface area contributed by atoms with E-state index in [1.54, 1.807) is 23.7 Å². The van der Waals surface area contributed by atoms with Gasteiger partial charge in [0.1, 0.15) is 5.82 Å². The molecule has 0 bridgehead atoms. The smallest absolute Gasteiger partial charge is 0.356 e. The highest BCUT2D eigenvalue weighted by atomic mass is 32.2. The van der Waals surface area contributed by atoms with Crippen LogP contribution in [0.2, 0.25) is 0 Å². The first-order valence-corrected chi connectivity index (χ1v) is 6.37. The van der Waals surface area contributed by atoms with Crippen LogP contribution in [0.3, 0.4) is 0 Å². The van der Waals surface area contributed by atoms with Crippen molar-refractivity contribution in [2.45, 2.75) is 5.16 Å². The lowest BCUT2D eigenvalue weighted by atomic mass is 10.1. The van der Waals surface area contributed by atoms with Gasteiger partial charge in [-0.2, -0.15) is 0 Å². The summed E-state index contributed by atoms with van der Waals surface area (Å²) in [6, 6.07) is 5.69. The number of carbonyl (C=O) groups is 1. The Kier molecular flexibility index (Phi) is 3.38. The molecular formula is C12H11FN2O2S. The van der Waals surface area contributed by atoms with E-state index in [1.165, 1.54) is 23.9 Å². The summed E-state index contributed by atoms with van der Waals surface area (Å²) in [5.41, 5.74) is 1.09. The highest BCUT2D eigenvalue weighted by Crippen LogP contribution is 2.28. The second kappa shape index (κ2) is 4.81. The number of thioether (sulfide) groups is 1. The highest BCUT2D eigenvalue weighted by Gasteiger charge is 2.20. The number of imidazole rings is 1. The zero-order valence-corrected chi connectivity index (χ0v) is 10.7. The predicted molar refractivity (Wildman–Crippen MR) is 67.3 cm³/mol. The van der Waals surface area contributed by atoms with E-state index in [2.05, 4.69) is 4.98 Å². The molecule has 2 aromatic rings. The van der Waals surface area contributed by atoms with Crippen molar-refractivity contribution in [3.05, 3.63) is 35.8 Å². The fourth-order valence-corrected chi connectivity index (χ4v) is 2.30. The van der Waals surface area contributed by atoms with Crippen molar-refractivity contribution in [1.29, 1.82) is 0 Å². The Bertz CT molecular complexity index is 593. The zero-order chi connectivity index (χ0) is 13.3. The van der Waals surface area contributed by atoms with E-state index >= 15 is 0 Å². The average Bonchev–Trinajstić information content (AvgIpc) is 2.68. The molecule has 94 valence electrons. The van der Waals surface area contributed by atoms with Crippen LogP contribution in [-0.2, 0) is 7.05 Å². The Balaban J connectivity index is 2.65. The van der Waals surface area contributed by atoms with Crippen LogP contribution in [0.25, 0.3) is 11.3 Å². The molecule has 0 radical (unpaired) electrons. The number of rotatable bonds is 3. The Hall–Kier alpha value is -1.82. The van der Waals surface area contributed by atoms with Gasteiger partial charge in [0.15, 0.2) is 10.9 Å². The van der Waals surface area contributed by atoms with Crippen molar-refractivity contribution in [1.82, 2.24) is 9.55 Å². The van der Waals surface area contributed by atoms with Gasteiger partial charge in [-0.1, -0.05) is 11.8 Å². The summed E-state index contributed by atoms with van der Waals surface area (Å²) in [6.07, 6.45) is 1.82. The van der Waals surface area contributed by atoms with Crippen molar-refractivity contribution < 1.29 is 14.3 Å². The van der Waals surface area contributed by atoms with Crippen molar-refractivity contribution in [3.63, 3.8) is 0 Å².